The molecule has 0 amide bonds. The van der Waals surface area contributed by atoms with Gasteiger partial charge in [-0.1, -0.05) is 24.6 Å². The molecule has 1 aromatic carbocycles. The second kappa shape index (κ2) is 7.00. The fraction of sp³-hybridized carbons (Fsp3) is 0.267. The van der Waals surface area contributed by atoms with Gasteiger partial charge in [-0.15, -0.1) is 0 Å². The smallest absolute Gasteiger partial charge is 0.135 e. The largest absolute Gasteiger partial charge is 0.494 e. The van der Waals surface area contributed by atoms with Crippen LogP contribution < -0.4 is 9.47 Å². The first kappa shape index (κ1) is 13.7. The van der Waals surface area contributed by atoms with Crippen LogP contribution in [-0.4, -0.2) is 11.6 Å². The third-order valence-electron chi connectivity index (χ3n) is 2.53. The van der Waals surface area contributed by atoms with Crippen molar-refractivity contribution in [1.82, 2.24) is 4.98 Å². The Labute approximate surface area is 118 Å². The first-order chi connectivity index (χ1) is 9.29. The van der Waals surface area contributed by atoms with Crippen LogP contribution in [0.25, 0.3) is 0 Å². The van der Waals surface area contributed by atoms with Crippen molar-refractivity contribution < 1.29 is 9.47 Å². The minimum absolute atomic E-state index is 0.405. The Balaban J connectivity index is 1.91. The van der Waals surface area contributed by atoms with E-state index in [9.17, 15) is 0 Å². The summed E-state index contributed by atoms with van der Waals surface area (Å²) in [4.78, 5) is 4.00. The average Bonchev–Trinajstić information content (AvgIpc) is 2.45. The molecule has 0 unspecified atom stereocenters. The Morgan fingerprint density at radius 3 is 2.37 bits per heavy atom. The topological polar surface area (TPSA) is 31.4 Å². The highest BCUT2D eigenvalue weighted by Gasteiger charge is 2.02. The van der Waals surface area contributed by atoms with Gasteiger partial charge in [0, 0.05) is 11.8 Å². The van der Waals surface area contributed by atoms with Crippen LogP contribution in [0.15, 0.2) is 42.6 Å². The SMILES string of the molecule is CCCOc1ccc(OCc2cccnc2Cl)cc1. The van der Waals surface area contributed by atoms with E-state index >= 15 is 0 Å². The summed E-state index contributed by atoms with van der Waals surface area (Å²) in [6.07, 6.45) is 2.66. The van der Waals surface area contributed by atoms with E-state index in [2.05, 4.69) is 11.9 Å². The van der Waals surface area contributed by atoms with Crippen LogP contribution in [0.5, 0.6) is 11.5 Å². The monoisotopic (exact) mass is 277 g/mol. The van der Waals surface area contributed by atoms with E-state index in [1.54, 1.807) is 6.20 Å². The zero-order chi connectivity index (χ0) is 13.5. The maximum absolute atomic E-state index is 5.96. The van der Waals surface area contributed by atoms with Gasteiger partial charge in [-0.3, -0.25) is 0 Å². The fourth-order valence-corrected chi connectivity index (χ4v) is 1.71. The first-order valence-electron chi connectivity index (χ1n) is 6.24. The molecule has 4 heteroatoms. The molecule has 1 heterocycles. The fourth-order valence-electron chi connectivity index (χ4n) is 1.54. The third-order valence-corrected chi connectivity index (χ3v) is 2.87. The number of halogens is 1. The Morgan fingerprint density at radius 1 is 1.05 bits per heavy atom. The van der Waals surface area contributed by atoms with E-state index in [-0.39, 0.29) is 0 Å². The van der Waals surface area contributed by atoms with Crippen LogP contribution >= 0.6 is 11.6 Å². The third kappa shape index (κ3) is 4.14. The van der Waals surface area contributed by atoms with Gasteiger partial charge in [-0.2, -0.15) is 0 Å². The molecule has 0 saturated carbocycles. The average molecular weight is 278 g/mol. The molecule has 0 spiro atoms. The lowest BCUT2D eigenvalue weighted by molar-refractivity contribution is 0.301. The zero-order valence-corrected chi connectivity index (χ0v) is 11.6. The summed E-state index contributed by atoms with van der Waals surface area (Å²) in [5.74, 6) is 1.64. The number of hydrogen-bond donors (Lipinski definition) is 0. The van der Waals surface area contributed by atoms with Crippen molar-refractivity contribution >= 4 is 11.6 Å². The molecule has 2 aromatic rings. The number of aromatic nitrogens is 1. The molecule has 0 fully saturated rings. The molecule has 1 aromatic heterocycles. The van der Waals surface area contributed by atoms with Gasteiger partial charge in [0.15, 0.2) is 0 Å². The minimum Gasteiger partial charge on any atom is -0.494 e. The second-order valence-electron chi connectivity index (χ2n) is 4.06. The normalized spacial score (nSPS) is 10.2. The summed E-state index contributed by atoms with van der Waals surface area (Å²) in [7, 11) is 0. The van der Waals surface area contributed by atoms with Crippen molar-refractivity contribution in [3.63, 3.8) is 0 Å². The lowest BCUT2D eigenvalue weighted by Gasteiger charge is -2.08. The Hall–Kier alpha value is -1.74. The van der Waals surface area contributed by atoms with Crippen LogP contribution in [0.3, 0.4) is 0 Å². The van der Waals surface area contributed by atoms with E-state index in [1.807, 2.05) is 36.4 Å². The highest BCUT2D eigenvalue weighted by Crippen LogP contribution is 2.20. The van der Waals surface area contributed by atoms with E-state index in [4.69, 9.17) is 21.1 Å². The standard InChI is InChI=1S/C15H16ClNO2/c1-2-10-18-13-5-7-14(8-6-13)19-11-12-4-3-9-17-15(12)16/h3-9H,2,10-11H2,1H3. The summed E-state index contributed by atoms with van der Waals surface area (Å²) in [6, 6.07) is 11.3. The molecule has 100 valence electrons. The molecule has 0 aliphatic carbocycles. The summed E-state index contributed by atoms with van der Waals surface area (Å²) in [6.45, 7) is 3.21. The molecule has 0 bridgehead atoms. The van der Waals surface area contributed by atoms with Gasteiger partial charge in [0.1, 0.15) is 23.3 Å². The molecule has 0 aliphatic rings. The molecular weight excluding hydrogens is 262 g/mol. The minimum atomic E-state index is 0.405. The first-order valence-corrected chi connectivity index (χ1v) is 6.62. The predicted molar refractivity (Wildman–Crippen MR) is 75.8 cm³/mol. The number of benzene rings is 1. The van der Waals surface area contributed by atoms with Crippen molar-refractivity contribution in [1.29, 1.82) is 0 Å². The molecule has 0 aliphatic heterocycles. The summed E-state index contributed by atoms with van der Waals surface area (Å²) >= 11 is 5.96. The second-order valence-corrected chi connectivity index (χ2v) is 4.42. The van der Waals surface area contributed by atoms with Crippen molar-refractivity contribution in [2.24, 2.45) is 0 Å². The van der Waals surface area contributed by atoms with Gasteiger partial charge in [0.05, 0.1) is 6.61 Å². The number of nitrogens with zero attached hydrogens (tertiary/aromatic N) is 1. The van der Waals surface area contributed by atoms with E-state index in [0.29, 0.717) is 11.8 Å². The molecule has 3 nitrogen and oxygen atoms in total. The number of pyridine rings is 1. The molecule has 0 saturated heterocycles. The van der Waals surface area contributed by atoms with Gasteiger partial charge in [-0.25, -0.2) is 4.98 Å². The van der Waals surface area contributed by atoms with Gasteiger partial charge >= 0.3 is 0 Å². The molecular formula is C15H16ClNO2. The Morgan fingerprint density at radius 2 is 1.74 bits per heavy atom. The van der Waals surface area contributed by atoms with Crippen LogP contribution in [0.1, 0.15) is 18.9 Å². The van der Waals surface area contributed by atoms with Crippen LogP contribution in [-0.2, 0) is 6.61 Å². The van der Waals surface area contributed by atoms with E-state index in [0.717, 1.165) is 30.1 Å². The summed E-state index contributed by atoms with van der Waals surface area (Å²) < 4.78 is 11.2. The lowest BCUT2D eigenvalue weighted by atomic mass is 10.3. The van der Waals surface area contributed by atoms with E-state index < -0.39 is 0 Å². The van der Waals surface area contributed by atoms with E-state index in [1.165, 1.54) is 0 Å². The lowest BCUT2D eigenvalue weighted by Crippen LogP contribution is -1.98. The van der Waals surface area contributed by atoms with Crippen LogP contribution in [0.4, 0.5) is 0 Å². The zero-order valence-electron chi connectivity index (χ0n) is 10.8. The number of hydrogen-bond acceptors (Lipinski definition) is 3. The molecule has 2 rings (SSSR count). The van der Waals surface area contributed by atoms with Gasteiger partial charge in [-0.05, 0) is 36.8 Å². The van der Waals surface area contributed by atoms with Gasteiger partial charge in [0.2, 0.25) is 0 Å². The van der Waals surface area contributed by atoms with Crippen LogP contribution in [0.2, 0.25) is 5.15 Å². The predicted octanol–water partition coefficient (Wildman–Crippen LogP) is 4.10. The summed E-state index contributed by atoms with van der Waals surface area (Å²) in [5, 5.41) is 0.477. The van der Waals surface area contributed by atoms with Crippen molar-refractivity contribution in [2.75, 3.05) is 6.61 Å². The Kier molecular flexibility index (Phi) is 5.04. The maximum atomic E-state index is 5.96. The molecule has 0 atom stereocenters. The molecule has 0 radical (unpaired) electrons. The quantitative estimate of drug-likeness (QED) is 0.745. The number of rotatable bonds is 6. The highest BCUT2D eigenvalue weighted by molar-refractivity contribution is 6.30. The maximum Gasteiger partial charge on any atom is 0.135 e. The molecule has 0 N–H and O–H groups in total. The highest BCUT2D eigenvalue weighted by atomic mass is 35.5. The van der Waals surface area contributed by atoms with Crippen molar-refractivity contribution in [3.05, 3.63) is 53.3 Å². The number of ether oxygens (including phenoxy) is 2. The molecule has 19 heavy (non-hydrogen) atoms. The van der Waals surface area contributed by atoms with Gasteiger partial charge in [0.25, 0.3) is 0 Å². The van der Waals surface area contributed by atoms with Crippen molar-refractivity contribution in [3.8, 4) is 11.5 Å². The Bertz CT molecular complexity index is 514. The van der Waals surface area contributed by atoms with Crippen LogP contribution in [0, 0.1) is 0 Å². The van der Waals surface area contributed by atoms with Crippen molar-refractivity contribution in [2.45, 2.75) is 20.0 Å². The van der Waals surface area contributed by atoms with Gasteiger partial charge < -0.3 is 9.47 Å². The summed E-state index contributed by atoms with van der Waals surface area (Å²) in [5.41, 5.74) is 0.871.